The number of halogens is 2. The zero-order chi connectivity index (χ0) is 24.8. The van der Waals surface area contributed by atoms with E-state index in [1.54, 1.807) is 12.3 Å². The van der Waals surface area contributed by atoms with E-state index in [0.29, 0.717) is 23.1 Å². The maximum absolute atomic E-state index is 13.9. The molecular weight excluding hydrogens is 501 g/mol. The molecule has 36 heavy (non-hydrogen) atoms. The Morgan fingerprint density at radius 2 is 1.81 bits per heavy atom. The zero-order valence-electron chi connectivity index (χ0n) is 19.7. The van der Waals surface area contributed by atoms with E-state index in [2.05, 4.69) is 16.1 Å². The molecular formula is C26H25Cl2N5O3. The third kappa shape index (κ3) is 4.23. The van der Waals surface area contributed by atoms with E-state index < -0.39 is 5.92 Å². The van der Waals surface area contributed by atoms with Gasteiger partial charge >= 0.3 is 0 Å². The molecule has 2 atom stereocenters. The van der Waals surface area contributed by atoms with Gasteiger partial charge in [-0.05, 0) is 42.3 Å². The number of nitrogens with zero attached hydrogens (tertiary/aromatic N) is 5. The van der Waals surface area contributed by atoms with Crippen LogP contribution in [-0.4, -0.2) is 64.2 Å². The average Bonchev–Trinajstić information content (AvgIpc) is 3.54. The molecule has 0 N–H and O–H groups in total. The molecule has 10 heteroatoms. The second-order valence-electron chi connectivity index (χ2n) is 9.27. The molecule has 8 nitrogen and oxygen atoms in total. The molecule has 0 radical (unpaired) electrons. The number of benzene rings is 2. The molecule has 6 rings (SSSR count). The molecule has 1 aromatic heterocycles. The molecule has 0 spiro atoms. The van der Waals surface area contributed by atoms with Crippen molar-refractivity contribution in [2.24, 2.45) is 10.9 Å². The minimum atomic E-state index is -0.477. The highest BCUT2D eigenvalue weighted by atomic mass is 35.5. The van der Waals surface area contributed by atoms with Crippen molar-refractivity contribution in [1.29, 1.82) is 0 Å². The Morgan fingerprint density at radius 3 is 2.61 bits per heavy atom. The quantitative estimate of drug-likeness (QED) is 0.498. The number of hydrogen-bond acceptors (Lipinski definition) is 6. The summed E-state index contributed by atoms with van der Waals surface area (Å²) in [5, 5.41) is 5.42. The molecule has 0 saturated carbocycles. The Hall–Kier alpha value is -3.07. The number of fused-ring (bicyclic) bond motifs is 2. The fourth-order valence-electron chi connectivity index (χ4n) is 5.19. The number of piperazine rings is 1. The summed E-state index contributed by atoms with van der Waals surface area (Å²) in [6.07, 6.45) is 1.71. The SMILES string of the molecule is CC1=Nc2ccnn2C(c2ccc(Cl)c(Cl)c2)C1C(=O)N1CCN(Cc2ccc3c(c2)OCO3)CC1. The average molecular weight is 526 g/mol. The lowest BCUT2D eigenvalue weighted by atomic mass is 9.87. The van der Waals surface area contributed by atoms with E-state index in [1.807, 2.05) is 46.8 Å². The summed E-state index contributed by atoms with van der Waals surface area (Å²) >= 11 is 12.5. The first-order valence-corrected chi connectivity index (χ1v) is 12.7. The third-order valence-electron chi connectivity index (χ3n) is 7.05. The molecule has 0 aliphatic carbocycles. The van der Waals surface area contributed by atoms with Crippen LogP contribution < -0.4 is 9.47 Å². The van der Waals surface area contributed by atoms with Crippen molar-refractivity contribution in [3.63, 3.8) is 0 Å². The first kappa shape index (κ1) is 23.3. The summed E-state index contributed by atoms with van der Waals surface area (Å²) in [5.41, 5.74) is 2.82. The van der Waals surface area contributed by atoms with Gasteiger partial charge < -0.3 is 14.4 Å². The molecule has 0 bridgehead atoms. The molecule has 3 aliphatic rings. The molecule has 1 amide bonds. The summed E-state index contributed by atoms with van der Waals surface area (Å²) in [4.78, 5) is 22.9. The Morgan fingerprint density at radius 1 is 1.00 bits per heavy atom. The van der Waals surface area contributed by atoms with Crippen molar-refractivity contribution in [1.82, 2.24) is 19.6 Å². The van der Waals surface area contributed by atoms with Crippen molar-refractivity contribution in [2.75, 3.05) is 33.0 Å². The molecule has 186 valence electrons. The van der Waals surface area contributed by atoms with Gasteiger partial charge in [-0.25, -0.2) is 9.67 Å². The van der Waals surface area contributed by atoms with Crippen LogP contribution in [0, 0.1) is 5.92 Å². The predicted octanol–water partition coefficient (Wildman–Crippen LogP) is 4.57. The summed E-state index contributed by atoms with van der Waals surface area (Å²) < 4.78 is 12.7. The van der Waals surface area contributed by atoms with E-state index in [1.165, 1.54) is 5.56 Å². The largest absolute Gasteiger partial charge is 0.454 e. The van der Waals surface area contributed by atoms with Crippen LogP contribution in [0.4, 0.5) is 5.82 Å². The van der Waals surface area contributed by atoms with Crippen LogP contribution in [0.5, 0.6) is 11.5 Å². The minimum absolute atomic E-state index is 0.0520. The highest BCUT2D eigenvalue weighted by molar-refractivity contribution is 6.42. The van der Waals surface area contributed by atoms with Gasteiger partial charge in [0.15, 0.2) is 17.3 Å². The van der Waals surface area contributed by atoms with E-state index in [9.17, 15) is 4.79 Å². The van der Waals surface area contributed by atoms with Crippen molar-refractivity contribution in [3.05, 3.63) is 69.8 Å². The van der Waals surface area contributed by atoms with E-state index in [4.69, 9.17) is 37.7 Å². The van der Waals surface area contributed by atoms with E-state index in [0.717, 1.165) is 48.2 Å². The van der Waals surface area contributed by atoms with Gasteiger partial charge in [-0.2, -0.15) is 5.10 Å². The minimum Gasteiger partial charge on any atom is -0.454 e. The van der Waals surface area contributed by atoms with Gasteiger partial charge in [0.1, 0.15) is 5.92 Å². The normalized spacial score (nSPS) is 21.3. The number of aliphatic imine (C=N–C) groups is 1. The lowest BCUT2D eigenvalue weighted by molar-refractivity contribution is -0.136. The fraction of sp³-hybridized carbons (Fsp3) is 0.346. The highest BCUT2D eigenvalue weighted by Crippen LogP contribution is 2.39. The Balaban J connectivity index is 1.19. The molecule has 2 unspecified atom stereocenters. The van der Waals surface area contributed by atoms with Crippen molar-refractivity contribution >= 4 is 40.6 Å². The second-order valence-corrected chi connectivity index (χ2v) is 10.1. The number of carbonyl (C=O) groups is 1. The molecule has 1 saturated heterocycles. The molecule has 3 aliphatic heterocycles. The third-order valence-corrected chi connectivity index (χ3v) is 7.79. The Kier molecular flexibility index (Phi) is 6.11. The standard InChI is InChI=1S/C26H25Cl2N5O3/c1-16-24(25(33-23(30-16)6-7-29-33)18-3-4-19(27)20(28)13-18)26(34)32-10-8-31(9-11-32)14-17-2-5-21-22(12-17)36-15-35-21/h2-7,12-13,24-25H,8-11,14-15H2,1H3. The topological polar surface area (TPSA) is 72.2 Å². The van der Waals surface area contributed by atoms with Crippen LogP contribution in [0.3, 0.4) is 0 Å². The number of carbonyl (C=O) groups excluding carboxylic acids is 1. The lowest BCUT2D eigenvalue weighted by Gasteiger charge is -2.39. The molecule has 4 heterocycles. The first-order chi connectivity index (χ1) is 17.5. The molecule has 2 aromatic carbocycles. The van der Waals surface area contributed by atoms with Gasteiger partial charge in [0.25, 0.3) is 0 Å². The monoisotopic (exact) mass is 525 g/mol. The van der Waals surface area contributed by atoms with Gasteiger partial charge in [-0.3, -0.25) is 9.69 Å². The van der Waals surface area contributed by atoms with E-state index >= 15 is 0 Å². The van der Waals surface area contributed by atoms with Gasteiger partial charge in [-0.1, -0.05) is 35.3 Å². The van der Waals surface area contributed by atoms with Crippen molar-refractivity contribution < 1.29 is 14.3 Å². The lowest BCUT2D eigenvalue weighted by Crippen LogP contribution is -2.52. The van der Waals surface area contributed by atoms with Crippen molar-refractivity contribution in [2.45, 2.75) is 19.5 Å². The van der Waals surface area contributed by atoms with Gasteiger partial charge in [-0.15, -0.1) is 0 Å². The fourth-order valence-corrected chi connectivity index (χ4v) is 5.50. The number of rotatable bonds is 4. The summed E-state index contributed by atoms with van der Waals surface area (Å²) in [5.74, 6) is 1.88. The Bertz CT molecular complexity index is 1350. The summed E-state index contributed by atoms with van der Waals surface area (Å²) in [7, 11) is 0. The smallest absolute Gasteiger partial charge is 0.233 e. The molecule has 1 fully saturated rings. The summed E-state index contributed by atoms with van der Waals surface area (Å²) in [6, 6.07) is 13.1. The van der Waals surface area contributed by atoms with Crippen LogP contribution in [-0.2, 0) is 11.3 Å². The van der Waals surface area contributed by atoms with Crippen LogP contribution in [0.1, 0.15) is 24.1 Å². The number of aromatic nitrogens is 2. The van der Waals surface area contributed by atoms with E-state index in [-0.39, 0.29) is 18.7 Å². The van der Waals surface area contributed by atoms with Gasteiger partial charge in [0.2, 0.25) is 12.7 Å². The Labute approximate surface area is 219 Å². The second kappa shape index (κ2) is 9.42. The van der Waals surface area contributed by atoms with Gasteiger partial charge in [0, 0.05) is 44.5 Å². The number of hydrogen-bond donors (Lipinski definition) is 0. The van der Waals surface area contributed by atoms with Crippen molar-refractivity contribution in [3.8, 4) is 11.5 Å². The number of amides is 1. The van der Waals surface area contributed by atoms with Crippen LogP contribution in [0.15, 0.2) is 53.7 Å². The highest BCUT2D eigenvalue weighted by Gasteiger charge is 2.41. The first-order valence-electron chi connectivity index (χ1n) is 11.9. The number of ether oxygens (including phenoxy) is 2. The predicted molar refractivity (Wildman–Crippen MR) is 138 cm³/mol. The van der Waals surface area contributed by atoms with Crippen LogP contribution in [0.2, 0.25) is 10.0 Å². The van der Waals surface area contributed by atoms with Crippen LogP contribution in [0.25, 0.3) is 0 Å². The van der Waals surface area contributed by atoms with Crippen LogP contribution >= 0.6 is 23.2 Å². The maximum atomic E-state index is 13.9. The maximum Gasteiger partial charge on any atom is 0.233 e. The van der Waals surface area contributed by atoms with Gasteiger partial charge in [0.05, 0.1) is 22.3 Å². The summed E-state index contributed by atoms with van der Waals surface area (Å²) in [6.45, 7) is 5.85. The molecule has 3 aromatic rings. The zero-order valence-corrected chi connectivity index (χ0v) is 21.2.